The Bertz CT molecular complexity index is 1060. The molecule has 0 heterocycles. The van der Waals surface area contributed by atoms with Gasteiger partial charge in [-0.05, 0) is 55.4 Å². The number of carbonyl (C=O) groups is 3. The number of hydrogen-bond acceptors (Lipinski definition) is 4. The van der Waals surface area contributed by atoms with E-state index in [1.54, 1.807) is 0 Å². The lowest BCUT2D eigenvalue weighted by atomic mass is 9.78. The molecule has 2 aromatic rings. The van der Waals surface area contributed by atoms with Gasteiger partial charge in [0.05, 0.1) is 0 Å². The molecule has 1 fully saturated rings. The fourth-order valence-corrected chi connectivity index (χ4v) is 5.33. The number of ether oxygens (including phenoxy) is 1. The highest BCUT2D eigenvalue weighted by molar-refractivity contribution is 5.86. The fourth-order valence-electron chi connectivity index (χ4n) is 5.33. The molecule has 0 radical (unpaired) electrons. The molecule has 0 bridgehead atoms. The highest BCUT2D eigenvalue weighted by atomic mass is 16.5. The topological polar surface area (TPSA) is 105 Å². The maximum Gasteiger partial charge on any atom is 0.407 e. The van der Waals surface area contributed by atoms with Crippen molar-refractivity contribution in [2.45, 2.75) is 75.8 Å². The largest absolute Gasteiger partial charge is 0.480 e. The van der Waals surface area contributed by atoms with Crippen LogP contribution in [0.3, 0.4) is 0 Å². The number of nitrogens with one attached hydrogen (secondary N) is 2. The molecular weight excluding hydrogens is 444 g/mol. The van der Waals surface area contributed by atoms with Gasteiger partial charge in [-0.2, -0.15) is 0 Å². The van der Waals surface area contributed by atoms with Crippen LogP contribution in [0.15, 0.2) is 48.5 Å². The van der Waals surface area contributed by atoms with Crippen LogP contribution in [0, 0.1) is 0 Å². The zero-order chi connectivity index (χ0) is 25.1. The summed E-state index contributed by atoms with van der Waals surface area (Å²) in [7, 11) is 0. The highest BCUT2D eigenvalue weighted by Crippen LogP contribution is 2.44. The van der Waals surface area contributed by atoms with E-state index in [-0.39, 0.29) is 24.9 Å². The van der Waals surface area contributed by atoms with Gasteiger partial charge < -0.3 is 20.5 Å². The van der Waals surface area contributed by atoms with E-state index in [2.05, 4.69) is 34.9 Å². The number of alkyl carbamates (subject to hydrolysis) is 1. The minimum atomic E-state index is -1.34. The molecule has 0 unspecified atom stereocenters. The molecule has 1 saturated carbocycles. The summed E-state index contributed by atoms with van der Waals surface area (Å²) in [6, 6.07) is 16.4. The summed E-state index contributed by atoms with van der Waals surface area (Å²) in [6.07, 6.45) is 4.67. The summed E-state index contributed by atoms with van der Waals surface area (Å²) in [5, 5.41) is 14.9. The number of benzene rings is 2. The molecule has 0 spiro atoms. The second-order valence-corrected chi connectivity index (χ2v) is 10.3. The fraction of sp³-hybridized carbons (Fsp3) is 0.464. The smallest absolute Gasteiger partial charge is 0.407 e. The van der Waals surface area contributed by atoms with Gasteiger partial charge in [-0.3, -0.25) is 4.79 Å². The van der Waals surface area contributed by atoms with Gasteiger partial charge in [0.15, 0.2) is 0 Å². The molecule has 2 aliphatic carbocycles. The number of aliphatic carboxylic acids is 1. The summed E-state index contributed by atoms with van der Waals surface area (Å²) in [5.74, 6) is -1.44. The molecule has 186 valence electrons. The Labute approximate surface area is 206 Å². The SMILES string of the molecule is CC(C)(NC(=O)CCC1(NC(=O)OCC2c3ccccc3-c3ccccc32)CCCCC1)C(=O)O. The Hall–Kier alpha value is -3.35. The normalized spacial score (nSPS) is 16.6. The van der Waals surface area contributed by atoms with E-state index in [9.17, 15) is 19.5 Å². The average molecular weight is 479 g/mol. The number of amides is 2. The Balaban J connectivity index is 1.39. The van der Waals surface area contributed by atoms with Crippen LogP contribution in [-0.2, 0) is 14.3 Å². The number of carbonyl (C=O) groups excluding carboxylic acids is 2. The number of carboxylic acid groups (broad SMARTS) is 1. The van der Waals surface area contributed by atoms with Crippen molar-refractivity contribution in [3.8, 4) is 11.1 Å². The summed E-state index contributed by atoms with van der Waals surface area (Å²) in [6.45, 7) is 3.15. The predicted octanol–water partition coefficient (Wildman–Crippen LogP) is 4.99. The first kappa shape index (κ1) is 24.8. The second-order valence-electron chi connectivity index (χ2n) is 10.3. The van der Waals surface area contributed by atoms with Gasteiger partial charge in [0.25, 0.3) is 0 Å². The number of rotatable bonds is 8. The lowest BCUT2D eigenvalue weighted by Gasteiger charge is -2.38. The van der Waals surface area contributed by atoms with Gasteiger partial charge in [0.2, 0.25) is 5.91 Å². The molecule has 2 aromatic carbocycles. The lowest BCUT2D eigenvalue weighted by Crippen LogP contribution is -2.52. The Morgan fingerprint density at radius 1 is 0.971 bits per heavy atom. The lowest BCUT2D eigenvalue weighted by molar-refractivity contribution is -0.146. The molecule has 0 aromatic heterocycles. The number of fused-ring (bicyclic) bond motifs is 3. The van der Waals surface area contributed by atoms with Crippen molar-refractivity contribution in [1.82, 2.24) is 10.6 Å². The Morgan fingerprint density at radius 3 is 2.11 bits per heavy atom. The standard InChI is InChI=1S/C28H34N2O5/c1-27(2,25(32)33)29-24(31)14-17-28(15-8-3-9-16-28)30-26(34)35-18-23-21-12-6-4-10-19(21)20-11-5-7-13-22(20)23/h4-7,10-13,23H,3,8-9,14-18H2,1-2H3,(H,29,31)(H,30,34)(H,32,33). The number of carboxylic acids is 1. The van der Waals surface area contributed by atoms with Gasteiger partial charge >= 0.3 is 12.1 Å². The quantitative estimate of drug-likeness (QED) is 0.496. The monoisotopic (exact) mass is 478 g/mol. The third-order valence-corrected chi connectivity index (χ3v) is 7.34. The van der Waals surface area contributed by atoms with E-state index in [0.29, 0.717) is 6.42 Å². The summed E-state index contributed by atoms with van der Waals surface area (Å²) >= 11 is 0. The van der Waals surface area contributed by atoms with Crippen molar-refractivity contribution >= 4 is 18.0 Å². The first-order chi connectivity index (χ1) is 16.7. The maximum atomic E-state index is 12.9. The summed E-state index contributed by atoms with van der Waals surface area (Å²) in [4.78, 5) is 36.7. The molecule has 7 heteroatoms. The van der Waals surface area contributed by atoms with Crippen LogP contribution >= 0.6 is 0 Å². The van der Waals surface area contributed by atoms with Crippen molar-refractivity contribution in [2.75, 3.05) is 6.61 Å². The van der Waals surface area contributed by atoms with E-state index in [1.165, 1.54) is 25.0 Å². The molecule has 0 atom stereocenters. The third-order valence-electron chi connectivity index (χ3n) is 7.34. The zero-order valence-electron chi connectivity index (χ0n) is 20.4. The van der Waals surface area contributed by atoms with E-state index < -0.39 is 23.1 Å². The summed E-state index contributed by atoms with van der Waals surface area (Å²) < 4.78 is 5.76. The third kappa shape index (κ3) is 5.50. The maximum absolute atomic E-state index is 12.9. The van der Waals surface area contributed by atoms with E-state index in [4.69, 9.17) is 4.74 Å². The minimum absolute atomic E-state index is 0.0144. The van der Waals surface area contributed by atoms with Crippen molar-refractivity contribution < 1.29 is 24.2 Å². The number of hydrogen-bond donors (Lipinski definition) is 3. The molecule has 4 rings (SSSR count). The molecule has 2 aliphatic rings. The summed E-state index contributed by atoms with van der Waals surface area (Å²) in [5.41, 5.74) is 2.81. The zero-order valence-corrected chi connectivity index (χ0v) is 20.4. The van der Waals surface area contributed by atoms with Crippen LogP contribution in [0.4, 0.5) is 4.79 Å². The van der Waals surface area contributed by atoms with Crippen LogP contribution in [-0.4, -0.2) is 40.8 Å². The van der Waals surface area contributed by atoms with Crippen molar-refractivity contribution in [3.05, 3.63) is 59.7 Å². The first-order valence-corrected chi connectivity index (χ1v) is 12.4. The first-order valence-electron chi connectivity index (χ1n) is 12.4. The minimum Gasteiger partial charge on any atom is -0.480 e. The second kappa shape index (κ2) is 10.1. The van der Waals surface area contributed by atoms with E-state index in [1.807, 2.05) is 24.3 Å². The molecule has 35 heavy (non-hydrogen) atoms. The van der Waals surface area contributed by atoms with Crippen molar-refractivity contribution in [1.29, 1.82) is 0 Å². The van der Waals surface area contributed by atoms with Gasteiger partial charge in [-0.15, -0.1) is 0 Å². The molecule has 7 nitrogen and oxygen atoms in total. The van der Waals surface area contributed by atoms with Crippen molar-refractivity contribution in [3.63, 3.8) is 0 Å². The van der Waals surface area contributed by atoms with Crippen LogP contribution in [0.5, 0.6) is 0 Å². The molecular formula is C28H34N2O5. The highest BCUT2D eigenvalue weighted by Gasteiger charge is 2.36. The van der Waals surface area contributed by atoms with Crippen LogP contribution in [0.1, 0.15) is 75.8 Å². The van der Waals surface area contributed by atoms with Gasteiger partial charge in [0.1, 0.15) is 12.1 Å². The van der Waals surface area contributed by atoms with E-state index >= 15 is 0 Å². The molecule has 2 amide bonds. The predicted molar refractivity (Wildman–Crippen MR) is 133 cm³/mol. The Morgan fingerprint density at radius 2 is 1.54 bits per heavy atom. The van der Waals surface area contributed by atoms with Gasteiger partial charge in [-0.25, -0.2) is 9.59 Å². The Kier molecular flexibility index (Phi) is 7.15. The van der Waals surface area contributed by atoms with Gasteiger partial charge in [0, 0.05) is 17.9 Å². The average Bonchev–Trinajstić information content (AvgIpc) is 3.15. The van der Waals surface area contributed by atoms with Gasteiger partial charge in [-0.1, -0.05) is 67.8 Å². The van der Waals surface area contributed by atoms with E-state index in [0.717, 1.165) is 43.2 Å². The van der Waals surface area contributed by atoms with Crippen LogP contribution < -0.4 is 10.6 Å². The van der Waals surface area contributed by atoms with Crippen LogP contribution in [0.2, 0.25) is 0 Å². The van der Waals surface area contributed by atoms with Crippen molar-refractivity contribution in [2.24, 2.45) is 0 Å². The van der Waals surface area contributed by atoms with Crippen LogP contribution in [0.25, 0.3) is 11.1 Å². The molecule has 0 saturated heterocycles. The molecule has 3 N–H and O–H groups in total. The molecule has 0 aliphatic heterocycles.